The summed E-state index contributed by atoms with van der Waals surface area (Å²) in [6, 6.07) is 14.3. The van der Waals surface area contributed by atoms with Gasteiger partial charge in [0.2, 0.25) is 5.82 Å². The summed E-state index contributed by atoms with van der Waals surface area (Å²) in [7, 11) is 1.60. The van der Waals surface area contributed by atoms with E-state index in [1.807, 2.05) is 44.2 Å². The first kappa shape index (κ1) is 31.5. The van der Waals surface area contributed by atoms with Gasteiger partial charge in [-0.15, -0.1) is 5.10 Å². The van der Waals surface area contributed by atoms with Crippen molar-refractivity contribution in [3.8, 4) is 23.0 Å². The van der Waals surface area contributed by atoms with Gasteiger partial charge in [-0.3, -0.25) is 9.59 Å². The molecule has 0 unspecified atom stereocenters. The summed E-state index contributed by atoms with van der Waals surface area (Å²) in [4.78, 5) is 24.9. The maximum absolute atomic E-state index is 13.1. The molecule has 0 atom stereocenters. The summed E-state index contributed by atoms with van der Waals surface area (Å²) in [5.74, 6) is 1.28. The third-order valence-corrected chi connectivity index (χ3v) is 7.32. The lowest BCUT2D eigenvalue weighted by Gasteiger charge is -2.16. The van der Waals surface area contributed by atoms with Crippen molar-refractivity contribution in [2.24, 2.45) is 0 Å². The van der Waals surface area contributed by atoms with Crippen molar-refractivity contribution in [3.63, 3.8) is 0 Å². The predicted octanol–water partition coefficient (Wildman–Crippen LogP) is 5.76. The number of ketones is 1. The number of phenolic OH excluding ortho intramolecular Hbond substituents is 1. The molecule has 1 heterocycles. The summed E-state index contributed by atoms with van der Waals surface area (Å²) in [6.07, 6.45) is 1.96. The molecule has 43 heavy (non-hydrogen) atoms. The largest absolute Gasteiger partial charge is 0.507 e. The molecule has 11 nitrogen and oxygen atoms in total. The van der Waals surface area contributed by atoms with Crippen LogP contribution >= 0.6 is 15.9 Å². The van der Waals surface area contributed by atoms with E-state index in [4.69, 9.17) is 14.2 Å². The summed E-state index contributed by atoms with van der Waals surface area (Å²) in [5.41, 5.74) is 3.22. The van der Waals surface area contributed by atoms with E-state index < -0.39 is 5.91 Å². The van der Waals surface area contributed by atoms with Gasteiger partial charge in [-0.25, -0.2) is 4.68 Å². The van der Waals surface area contributed by atoms with Crippen molar-refractivity contribution in [3.05, 3.63) is 81.1 Å². The van der Waals surface area contributed by atoms with Crippen LogP contribution in [0.25, 0.3) is 0 Å². The third kappa shape index (κ3) is 7.89. The number of phenols is 1. The van der Waals surface area contributed by atoms with Gasteiger partial charge in [0.15, 0.2) is 5.78 Å². The highest BCUT2D eigenvalue weighted by molar-refractivity contribution is 9.10. The van der Waals surface area contributed by atoms with E-state index in [-0.39, 0.29) is 17.4 Å². The number of aryl methyl sites for hydroxylation is 1. The molecule has 226 valence electrons. The number of Topliss-reactive ketones (excluding diaryl/α,β-unsaturated/α-hetero) is 1. The molecule has 0 saturated carbocycles. The van der Waals surface area contributed by atoms with Gasteiger partial charge < -0.3 is 24.6 Å². The lowest BCUT2D eigenvalue weighted by atomic mass is 10.0. The van der Waals surface area contributed by atoms with Gasteiger partial charge in [0.1, 0.15) is 23.0 Å². The first-order valence-electron chi connectivity index (χ1n) is 13.8. The number of carbonyl (C=O) groups is 2. The number of aromatic hydroxyl groups is 1. The summed E-state index contributed by atoms with van der Waals surface area (Å²) >= 11 is 3.51. The van der Waals surface area contributed by atoms with Crippen molar-refractivity contribution in [1.82, 2.24) is 20.2 Å². The number of anilines is 1. The number of halogens is 1. The van der Waals surface area contributed by atoms with Crippen LogP contribution in [0.15, 0.2) is 53.0 Å². The normalized spacial score (nSPS) is 10.8. The Morgan fingerprint density at radius 1 is 1.05 bits per heavy atom. The minimum absolute atomic E-state index is 0.0158. The van der Waals surface area contributed by atoms with Crippen molar-refractivity contribution >= 4 is 33.3 Å². The van der Waals surface area contributed by atoms with E-state index in [9.17, 15) is 14.7 Å². The molecule has 0 spiro atoms. The van der Waals surface area contributed by atoms with E-state index in [1.54, 1.807) is 25.3 Å². The molecule has 4 aromatic rings. The molecule has 4 rings (SSSR count). The zero-order valence-electron chi connectivity index (χ0n) is 24.5. The maximum Gasteiger partial charge on any atom is 0.295 e. The van der Waals surface area contributed by atoms with Gasteiger partial charge >= 0.3 is 0 Å². The van der Waals surface area contributed by atoms with Gasteiger partial charge in [0.25, 0.3) is 5.91 Å². The number of carbonyl (C=O) groups excluding carboxylic acids is 2. The Morgan fingerprint density at radius 2 is 1.77 bits per heavy atom. The molecule has 0 aliphatic rings. The van der Waals surface area contributed by atoms with Crippen LogP contribution in [0, 0.1) is 6.92 Å². The smallest absolute Gasteiger partial charge is 0.295 e. The second kappa shape index (κ2) is 14.6. The van der Waals surface area contributed by atoms with E-state index in [0.29, 0.717) is 65.4 Å². The number of hydrogen-bond donors (Lipinski definition) is 2. The van der Waals surface area contributed by atoms with E-state index in [2.05, 4.69) is 36.8 Å². The number of benzene rings is 3. The minimum Gasteiger partial charge on any atom is -0.507 e. The van der Waals surface area contributed by atoms with Gasteiger partial charge in [-0.1, -0.05) is 25.5 Å². The molecule has 2 N–H and O–H groups in total. The fourth-order valence-corrected chi connectivity index (χ4v) is 4.97. The lowest BCUT2D eigenvalue weighted by molar-refractivity contribution is 0.100. The molecular formula is C31H34BrN5O6. The summed E-state index contributed by atoms with van der Waals surface area (Å²) < 4.78 is 19.2. The number of methoxy groups -OCH3 is 1. The molecule has 1 aromatic heterocycles. The zero-order chi connectivity index (χ0) is 30.9. The maximum atomic E-state index is 13.1. The van der Waals surface area contributed by atoms with Crippen LogP contribution in [-0.4, -0.2) is 57.3 Å². The third-order valence-electron chi connectivity index (χ3n) is 6.66. The summed E-state index contributed by atoms with van der Waals surface area (Å²) in [5, 5.41) is 25.0. The molecule has 3 aromatic carbocycles. The average molecular weight is 653 g/mol. The van der Waals surface area contributed by atoms with Gasteiger partial charge in [0, 0.05) is 22.5 Å². The quantitative estimate of drug-likeness (QED) is 0.129. The Hall–Kier alpha value is -4.45. The second-order valence-electron chi connectivity index (χ2n) is 9.85. The van der Waals surface area contributed by atoms with Crippen LogP contribution in [-0.2, 0) is 13.0 Å². The lowest BCUT2D eigenvalue weighted by Crippen LogP contribution is -2.20. The molecule has 0 bridgehead atoms. The Balaban J connectivity index is 1.36. The number of hydrogen-bond acceptors (Lipinski definition) is 9. The minimum atomic E-state index is -0.468. The Kier molecular flexibility index (Phi) is 10.7. The molecule has 0 aliphatic carbocycles. The molecule has 1 amide bonds. The Labute approximate surface area is 258 Å². The first-order chi connectivity index (χ1) is 20.7. The number of amides is 1. The van der Waals surface area contributed by atoms with Gasteiger partial charge in [-0.05, 0) is 88.1 Å². The molecule has 0 saturated heterocycles. The van der Waals surface area contributed by atoms with E-state index in [0.717, 1.165) is 23.3 Å². The number of ether oxygens (including phenoxy) is 3. The highest BCUT2D eigenvalue weighted by Gasteiger charge is 2.19. The van der Waals surface area contributed by atoms with Crippen molar-refractivity contribution < 1.29 is 28.9 Å². The zero-order valence-corrected chi connectivity index (χ0v) is 26.1. The molecule has 12 heteroatoms. The monoisotopic (exact) mass is 651 g/mol. The standard InChI is InChI=1S/C31H34BrN5O6/c1-5-7-24-27(13-12-23(20(3)38)29(24)39)42-14-6-15-43-28-17-26(25(32)16-19(28)2)33-31(40)30-34-35-36-37(30)18-21-8-10-22(41-4)11-9-21/h8-13,16-17,39H,5-7,14-15,18H2,1-4H3,(H,33,40). The topological polar surface area (TPSA) is 138 Å². The van der Waals surface area contributed by atoms with Crippen LogP contribution in [0.3, 0.4) is 0 Å². The number of aromatic nitrogens is 4. The SMILES string of the molecule is CCCc1c(OCCCOc2cc(NC(=O)c3nnnn3Cc3ccc(OC)cc3)c(Br)cc2C)ccc(C(C)=O)c1O. The van der Waals surface area contributed by atoms with Gasteiger partial charge in [-0.2, -0.15) is 0 Å². The number of nitrogens with one attached hydrogen (secondary N) is 1. The van der Waals surface area contributed by atoms with Crippen molar-refractivity contribution in [2.45, 2.75) is 46.6 Å². The van der Waals surface area contributed by atoms with Crippen LogP contribution in [0.2, 0.25) is 0 Å². The average Bonchev–Trinajstić information content (AvgIpc) is 3.45. The van der Waals surface area contributed by atoms with Gasteiger partial charge in [0.05, 0.1) is 38.1 Å². The van der Waals surface area contributed by atoms with Crippen LogP contribution in [0.4, 0.5) is 5.69 Å². The molecule has 0 radical (unpaired) electrons. The predicted molar refractivity (Wildman–Crippen MR) is 164 cm³/mol. The van der Waals surface area contributed by atoms with E-state index >= 15 is 0 Å². The highest BCUT2D eigenvalue weighted by Crippen LogP contribution is 2.34. The van der Waals surface area contributed by atoms with E-state index in [1.165, 1.54) is 11.6 Å². The van der Waals surface area contributed by atoms with Crippen LogP contribution in [0.1, 0.15) is 64.4 Å². The Morgan fingerprint density at radius 3 is 2.44 bits per heavy atom. The second-order valence-corrected chi connectivity index (χ2v) is 10.7. The molecule has 0 fully saturated rings. The summed E-state index contributed by atoms with van der Waals surface area (Å²) in [6.45, 7) is 6.36. The van der Waals surface area contributed by atoms with Crippen LogP contribution in [0.5, 0.6) is 23.0 Å². The first-order valence-corrected chi connectivity index (χ1v) is 14.6. The van der Waals surface area contributed by atoms with Crippen molar-refractivity contribution in [1.29, 1.82) is 0 Å². The Bertz CT molecular complexity index is 1590. The number of tetrazole rings is 1. The fraction of sp³-hybridized carbons (Fsp3) is 0.323. The van der Waals surface area contributed by atoms with Crippen molar-refractivity contribution in [2.75, 3.05) is 25.6 Å². The highest BCUT2D eigenvalue weighted by atomic mass is 79.9. The fourth-order valence-electron chi connectivity index (χ4n) is 4.41. The molecular weight excluding hydrogens is 618 g/mol. The molecule has 0 aliphatic heterocycles. The number of rotatable bonds is 14. The number of nitrogens with zero attached hydrogens (tertiary/aromatic N) is 4. The van der Waals surface area contributed by atoms with Crippen LogP contribution < -0.4 is 19.5 Å².